The molecule has 2 rings (SSSR count). The molecule has 19 heavy (non-hydrogen) atoms. The molecule has 1 aromatic heterocycles. The van der Waals surface area contributed by atoms with E-state index in [2.05, 4.69) is 10.3 Å². The van der Waals surface area contributed by atoms with Gasteiger partial charge in [-0.1, -0.05) is 12.8 Å². The van der Waals surface area contributed by atoms with Gasteiger partial charge in [0.2, 0.25) is 0 Å². The van der Waals surface area contributed by atoms with Gasteiger partial charge >= 0.3 is 5.97 Å². The molecule has 0 amide bonds. The summed E-state index contributed by atoms with van der Waals surface area (Å²) >= 11 is 0. The molecule has 0 spiro atoms. The lowest BCUT2D eigenvalue weighted by atomic mass is 9.87. The molecule has 0 aromatic carbocycles. The molecule has 0 saturated heterocycles. The number of aromatic nitrogens is 1. The molecule has 0 radical (unpaired) electrons. The molecular formula is C14H20N2O3. The van der Waals surface area contributed by atoms with E-state index in [0.717, 1.165) is 31.4 Å². The molecule has 3 N–H and O–H groups in total. The van der Waals surface area contributed by atoms with Crippen molar-refractivity contribution in [2.45, 2.75) is 32.6 Å². The van der Waals surface area contributed by atoms with Crippen LogP contribution in [0.3, 0.4) is 0 Å². The average molecular weight is 264 g/mol. The third-order valence-electron chi connectivity index (χ3n) is 3.90. The summed E-state index contributed by atoms with van der Waals surface area (Å²) in [6.07, 6.45) is 4.19. The van der Waals surface area contributed by atoms with Crippen molar-refractivity contribution in [1.82, 2.24) is 4.98 Å². The van der Waals surface area contributed by atoms with Gasteiger partial charge in [-0.15, -0.1) is 0 Å². The van der Waals surface area contributed by atoms with Crippen LogP contribution in [0.25, 0.3) is 0 Å². The van der Waals surface area contributed by atoms with Gasteiger partial charge in [0.1, 0.15) is 11.4 Å². The number of anilines is 1. The fraction of sp³-hybridized carbons (Fsp3) is 0.571. The topological polar surface area (TPSA) is 82.5 Å². The Labute approximate surface area is 112 Å². The molecule has 1 aliphatic rings. The molecule has 0 unspecified atom stereocenters. The Bertz CT molecular complexity index is 468. The molecule has 5 heteroatoms. The van der Waals surface area contributed by atoms with Gasteiger partial charge in [0.25, 0.3) is 0 Å². The van der Waals surface area contributed by atoms with E-state index in [-0.39, 0.29) is 17.6 Å². The Morgan fingerprint density at radius 3 is 2.68 bits per heavy atom. The molecule has 0 bridgehead atoms. The smallest absolute Gasteiger partial charge is 0.339 e. The Morgan fingerprint density at radius 2 is 2.11 bits per heavy atom. The van der Waals surface area contributed by atoms with E-state index >= 15 is 0 Å². The number of hydrogen-bond acceptors (Lipinski definition) is 4. The number of hydrogen-bond donors (Lipinski definition) is 3. The first-order valence-corrected chi connectivity index (χ1v) is 6.62. The van der Waals surface area contributed by atoms with Gasteiger partial charge in [-0.3, -0.25) is 0 Å². The Hall–Kier alpha value is -1.62. The maximum Gasteiger partial charge on any atom is 0.339 e. The number of pyridine rings is 1. The van der Waals surface area contributed by atoms with Crippen LogP contribution < -0.4 is 5.32 Å². The Kier molecular flexibility index (Phi) is 4.04. The fourth-order valence-corrected chi connectivity index (χ4v) is 2.65. The molecule has 5 nitrogen and oxygen atoms in total. The number of nitrogens with one attached hydrogen (secondary N) is 1. The van der Waals surface area contributed by atoms with Gasteiger partial charge in [0.05, 0.1) is 6.61 Å². The number of aliphatic hydroxyl groups is 1. The van der Waals surface area contributed by atoms with Crippen molar-refractivity contribution >= 4 is 11.8 Å². The minimum absolute atomic E-state index is 0.124. The van der Waals surface area contributed by atoms with Crippen LogP contribution in [0.1, 0.15) is 41.7 Å². The van der Waals surface area contributed by atoms with Crippen LogP contribution in [0.15, 0.2) is 12.1 Å². The van der Waals surface area contributed by atoms with E-state index in [1.807, 2.05) is 6.92 Å². The van der Waals surface area contributed by atoms with Crippen molar-refractivity contribution in [3.8, 4) is 0 Å². The van der Waals surface area contributed by atoms with Crippen molar-refractivity contribution in [2.75, 3.05) is 18.5 Å². The van der Waals surface area contributed by atoms with E-state index in [0.29, 0.717) is 12.4 Å². The monoisotopic (exact) mass is 264 g/mol. The summed E-state index contributed by atoms with van der Waals surface area (Å²) in [7, 11) is 0. The van der Waals surface area contributed by atoms with Crippen LogP contribution in [0.4, 0.5) is 5.82 Å². The number of nitrogens with zero attached hydrogens (tertiary/aromatic N) is 1. The summed E-state index contributed by atoms with van der Waals surface area (Å²) in [6, 6.07) is 3.25. The summed E-state index contributed by atoms with van der Waals surface area (Å²) in [4.78, 5) is 15.4. The van der Waals surface area contributed by atoms with Crippen molar-refractivity contribution in [1.29, 1.82) is 0 Å². The van der Waals surface area contributed by atoms with Crippen molar-refractivity contribution in [2.24, 2.45) is 5.41 Å². The van der Waals surface area contributed by atoms with Crippen molar-refractivity contribution < 1.29 is 15.0 Å². The predicted octanol–water partition coefficient (Wildman–Crippen LogP) is 2.05. The first-order valence-electron chi connectivity index (χ1n) is 6.62. The van der Waals surface area contributed by atoms with Crippen molar-refractivity contribution in [3.05, 3.63) is 23.4 Å². The summed E-state index contributed by atoms with van der Waals surface area (Å²) in [6.45, 7) is 2.53. The van der Waals surface area contributed by atoms with E-state index < -0.39 is 5.97 Å². The van der Waals surface area contributed by atoms with Crippen LogP contribution in [-0.2, 0) is 0 Å². The second-order valence-corrected chi connectivity index (χ2v) is 5.37. The van der Waals surface area contributed by atoms with Crippen LogP contribution in [-0.4, -0.2) is 34.3 Å². The van der Waals surface area contributed by atoms with Crippen LogP contribution in [0.5, 0.6) is 0 Å². The highest BCUT2D eigenvalue weighted by atomic mass is 16.4. The number of rotatable bonds is 5. The van der Waals surface area contributed by atoms with Gasteiger partial charge < -0.3 is 15.5 Å². The second kappa shape index (κ2) is 5.57. The molecule has 1 aromatic rings. The molecule has 0 atom stereocenters. The molecule has 1 aliphatic carbocycles. The zero-order valence-corrected chi connectivity index (χ0v) is 11.1. The van der Waals surface area contributed by atoms with Gasteiger partial charge in [0, 0.05) is 17.7 Å². The number of carboxylic acid groups (broad SMARTS) is 1. The van der Waals surface area contributed by atoms with Crippen LogP contribution in [0.2, 0.25) is 0 Å². The maximum absolute atomic E-state index is 11.1. The summed E-state index contributed by atoms with van der Waals surface area (Å²) < 4.78 is 0. The van der Waals surface area contributed by atoms with Gasteiger partial charge in [-0.2, -0.15) is 0 Å². The average Bonchev–Trinajstić information content (AvgIpc) is 2.85. The fourth-order valence-electron chi connectivity index (χ4n) is 2.65. The minimum Gasteiger partial charge on any atom is -0.478 e. The zero-order valence-electron chi connectivity index (χ0n) is 11.1. The lowest BCUT2D eigenvalue weighted by molar-refractivity contribution is 0.0697. The summed E-state index contributed by atoms with van der Waals surface area (Å²) in [5, 5.41) is 21.8. The predicted molar refractivity (Wildman–Crippen MR) is 72.4 cm³/mol. The van der Waals surface area contributed by atoms with E-state index in [9.17, 15) is 9.90 Å². The Morgan fingerprint density at radius 1 is 1.42 bits per heavy atom. The Balaban J connectivity index is 2.14. The standard InChI is InChI=1S/C14H20N2O3/c1-10-4-5-11(13(18)19)12(16-10)15-8-14(9-17)6-2-3-7-14/h4-5,17H,2-3,6-9H2,1H3,(H,15,16)(H,18,19). The maximum atomic E-state index is 11.1. The first kappa shape index (κ1) is 13.8. The third-order valence-corrected chi connectivity index (χ3v) is 3.90. The number of aryl methyl sites for hydroxylation is 1. The second-order valence-electron chi connectivity index (χ2n) is 5.37. The highest BCUT2D eigenvalue weighted by Crippen LogP contribution is 2.37. The lowest BCUT2D eigenvalue weighted by Gasteiger charge is -2.27. The lowest BCUT2D eigenvalue weighted by Crippen LogP contribution is -2.31. The summed E-state index contributed by atoms with van der Waals surface area (Å²) in [5.74, 6) is -0.591. The van der Waals surface area contributed by atoms with Gasteiger partial charge in [0.15, 0.2) is 0 Å². The van der Waals surface area contributed by atoms with Crippen molar-refractivity contribution in [3.63, 3.8) is 0 Å². The zero-order chi connectivity index (χ0) is 13.9. The van der Waals surface area contributed by atoms with Gasteiger partial charge in [-0.25, -0.2) is 9.78 Å². The SMILES string of the molecule is Cc1ccc(C(=O)O)c(NCC2(CO)CCCC2)n1. The summed E-state index contributed by atoms with van der Waals surface area (Å²) in [5.41, 5.74) is 0.829. The van der Waals surface area contributed by atoms with Gasteiger partial charge in [-0.05, 0) is 31.9 Å². The first-order chi connectivity index (χ1) is 9.06. The highest BCUT2D eigenvalue weighted by molar-refractivity contribution is 5.93. The normalized spacial score (nSPS) is 17.4. The van der Waals surface area contributed by atoms with E-state index in [4.69, 9.17) is 5.11 Å². The number of carbonyl (C=O) groups is 1. The molecule has 104 valence electrons. The molecule has 0 aliphatic heterocycles. The number of aromatic carboxylic acids is 1. The largest absolute Gasteiger partial charge is 0.478 e. The van der Waals surface area contributed by atoms with Crippen LogP contribution >= 0.6 is 0 Å². The quantitative estimate of drug-likeness (QED) is 0.758. The molecule has 1 saturated carbocycles. The molecule has 1 fully saturated rings. The molecule has 1 heterocycles. The van der Waals surface area contributed by atoms with E-state index in [1.165, 1.54) is 0 Å². The minimum atomic E-state index is -0.987. The van der Waals surface area contributed by atoms with Crippen LogP contribution in [0, 0.1) is 12.3 Å². The highest BCUT2D eigenvalue weighted by Gasteiger charge is 2.33. The molecular weight excluding hydrogens is 244 g/mol. The number of aliphatic hydroxyl groups excluding tert-OH is 1. The van der Waals surface area contributed by atoms with E-state index in [1.54, 1.807) is 12.1 Å². The third kappa shape index (κ3) is 3.04. The number of carboxylic acids is 1.